The van der Waals surface area contributed by atoms with E-state index in [1.54, 1.807) is 37.0 Å². The molecule has 0 amide bonds. The largest absolute Gasteiger partial charge is 0.493 e. The van der Waals surface area contributed by atoms with Crippen molar-refractivity contribution >= 4 is 22.7 Å². The first-order valence-electron chi connectivity index (χ1n) is 11.4. The van der Waals surface area contributed by atoms with E-state index in [0.29, 0.717) is 44.9 Å². The monoisotopic (exact) mass is 499 g/mol. The molecule has 0 unspecified atom stereocenters. The summed E-state index contributed by atoms with van der Waals surface area (Å²) in [6, 6.07) is 20.7. The third kappa shape index (κ3) is 4.35. The molecule has 0 atom stereocenters. The van der Waals surface area contributed by atoms with E-state index in [2.05, 4.69) is 0 Å². The smallest absolute Gasteiger partial charge is 0.266 e. The lowest BCUT2D eigenvalue weighted by atomic mass is 10.1. The third-order valence-electron chi connectivity index (χ3n) is 5.98. The maximum atomic E-state index is 13.6. The van der Waals surface area contributed by atoms with Gasteiger partial charge in [0.15, 0.2) is 16.7 Å². The Kier molecular flexibility index (Phi) is 6.52. The van der Waals surface area contributed by atoms with Gasteiger partial charge in [0.2, 0.25) is 5.89 Å². The summed E-state index contributed by atoms with van der Waals surface area (Å²) in [5.41, 5.74) is 3.97. The molecule has 0 fully saturated rings. The first kappa shape index (κ1) is 23.7. The number of aryl methyl sites for hydroxylation is 2. The zero-order valence-corrected chi connectivity index (χ0v) is 21.3. The maximum absolute atomic E-state index is 13.6. The number of para-hydroxylation sites is 1. The Morgan fingerprint density at radius 1 is 0.917 bits per heavy atom. The van der Waals surface area contributed by atoms with Gasteiger partial charge in [-0.25, -0.2) is 9.97 Å². The zero-order valence-electron chi connectivity index (χ0n) is 20.4. The molecule has 5 aromatic rings. The number of thioether (sulfide) groups is 1. The number of methoxy groups -OCH3 is 2. The number of hydrogen-bond donors (Lipinski definition) is 0. The highest BCUT2D eigenvalue weighted by Gasteiger charge is 2.18. The van der Waals surface area contributed by atoms with Crippen molar-refractivity contribution in [2.75, 3.05) is 14.2 Å². The van der Waals surface area contributed by atoms with Gasteiger partial charge >= 0.3 is 0 Å². The molecule has 0 saturated carbocycles. The second-order valence-electron chi connectivity index (χ2n) is 8.22. The molecular formula is C28H25N3O4S. The van der Waals surface area contributed by atoms with Crippen LogP contribution in [0.15, 0.2) is 81.1 Å². The highest BCUT2D eigenvalue weighted by Crippen LogP contribution is 2.32. The summed E-state index contributed by atoms with van der Waals surface area (Å²) in [4.78, 5) is 23.2. The number of benzene rings is 3. The predicted octanol–water partition coefficient (Wildman–Crippen LogP) is 5.97. The molecule has 0 aliphatic carbocycles. The van der Waals surface area contributed by atoms with Crippen LogP contribution in [0, 0.1) is 13.8 Å². The van der Waals surface area contributed by atoms with Crippen LogP contribution in [0.3, 0.4) is 0 Å². The van der Waals surface area contributed by atoms with E-state index in [-0.39, 0.29) is 5.56 Å². The van der Waals surface area contributed by atoms with Gasteiger partial charge in [0.1, 0.15) is 5.76 Å². The van der Waals surface area contributed by atoms with Gasteiger partial charge in [0.05, 0.1) is 36.5 Å². The lowest BCUT2D eigenvalue weighted by Crippen LogP contribution is -2.21. The van der Waals surface area contributed by atoms with Crippen LogP contribution in [-0.4, -0.2) is 28.8 Å². The lowest BCUT2D eigenvalue weighted by Gasteiger charge is -2.15. The summed E-state index contributed by atoms with van der Waals surface area (Å²) in [6.07, 6.45) is 0. The molecular weight excluding hydrogens is 474 g/mol. The van der Waals surface area contributed by atoms with Crippen LogP contribution >= 0.6 is 11.8 Å². The average molecular weight is 500 g/mol. The van der Waals surface area contributed by atoms with Gasteiger partial charge in [-0.05, 0) is 49.7 Å². The van der Waals surface area contributed by atoms with E-state index in [9.17, 15) is 4.79 Å². The predicted molar refractivity (Wildman–Crippen MR) is 141 cm³/mol. The minimum absolute atomic E-state index is 0.159. The second-order valence-corrected chi connectivity index (χ2v) is 9.16. The van der Waals surface area contributed by atoms with Crippen LogP contribution < -0.4 is 15.0 Å². The van der Waals surface area contributed by atoms with Crippen LogP contribution in [0.25, 0.3) is 28.0 Å². The molecule has 8 heteroatoms. The van der Waals surface area contributed by atoms with E-state index >= 15 is 0 Å². The van der Waals surface area contributed by atoms with Crippen molar-refractivity contribution in [2.45, 2.75) is 24.8 Å². The first-order valence-corrected chi connectivity index (χ1v) is 12.4. The van der Waals surface area contributed by atoms with E-state index < -0.39 is 0 Å². The number of ether oxygens (including phenoxy) is 2. The molecule has 2 heterocycles. The van der Waals surface area contributed by atoms with Crippen molar-refractivity contribution in [3.05, 3.63) is 94.1 Å². The first-order chi connectivity index (χ1) is 17.5. The Morgan fingerprint density at radius 3 is 2.44 bits per heavy atom. The van der Waals surface area contributed by atoms with Crippen molar-refractivity contribution in [1.29, 1.82) is 0 Å². The molecule has 3 aromatic carbocycles. The molecule has 36 heavy (non-hydrogen) atoms. The van der Waals surface area contributed by atoms with Gasteiger partial charge < -0.3 is 13.9 Å². The van der Waals surface area contributed by atoms with Crippen molar-refractivity contribution in [1.82, 2.24) is 14.5 Å². The molecule has 2 aromatic heterocycles. The van der Waals surface area contributed by atoms with E-state index in [4.69, 9.17) is 23.9 Å². The molecule has 7 nitrogen and oxygen atoms in total. The molecule has 0 bridgehead atoms. The zero-order chi connectivity index (χ0) is 25.2. The van der Waals surface area contributed by atoms with Crippen molar-refractivity contribution in [3.63, 3.8) is 0 Å². The lowest BCUT2D eigenvalue weighted by molar-refractivity contribution is 0.354. The minimum atomic E-state index is -0.159. The normalized spacial score (nSPS) is 11.1. The van der Waals surface area contributed by atoms with Crippen LogP contribution in [0.1, 0.15) is 17.0 Å². The fourth-order valence-electron chi connectivity index (χ4n) is 4.02. The summed E-state index contributed by atoms with van der Waals surface area (Å²) in [7, 11) is 3.14. The fourth-order valence-corrected chi connectivity index (χ4v) is 5.04. The third-order valence-corrected chi connectivity index (χ3v) is 6.93. The molecule has 182 valence electrons. The second kappa shape index (κ2) is 9.91. The molecule has 0 aliphatic heterocycles. The summed E-state index contributed by atoms with van der Waals surface area (Å²) in [6.45, 7) is 3.93. The Morgan fingerprint density at radius 2 is 1.67 bits per heavy atom. The topological polar surface area (TPSA) is 79.4 Å². The fraction of sp³-hybridized carbons (Fsp3) is 0.179. The Hall–Kier alpha value is -4.04. The summed E-state index contributed by atoms with van der Waals surface area (Å²) in [5, 5.41) is 1.09. The standard InChI is InChI=1S/C28H25N3O4S/c1-17-9-5-6-10-20(17)26-29-23(18(2)35-26)16-36-28-30-22-12-8-7-11-21(22)27(32)31(28)19-13-14-24(33-3)25(15-19)34-4/h5-15H,16H2,1-4H3. The van der Waals surface area contributed by atoms with Crippen molar-refractivity contribution in [3.8, 4) is 28.6 Å². The summed E-state index contributed by atoms with van der Waals surface area (Å²) < 4.78 is 18.4. The highest BCUT2D eigenvalue weighted by molar-refractivity contribution is 7.98. The highest BCUT2D eigenvalue weighted by atomic mass is 32.2. The average Bonchev–Trinajstić information content (AvgIpc) is 3.27. The summed E-state index contributed by atoms with van der Waals surface area (Å²) >= 11 is 1.43. The van der Waals surface area contributed by atoms with Crippen molar-refractivity contribution < 1.29 is 13.9 Å². The molecule has 0 saturated heterocycles. The Labute approximate surface area is 212 Å². The number of oxazole rings is 1. The van der Waals surface area contributed by atoms with Gasteiger partial charge in [-0.2, -0.15) is 0 Å². The van der Waals surface area contributed by atoms with Crippen molar-refractivity contribution in [2.24, 2.45) is 0 Å². The SMILES string of the molecule is COc1ccc(-n2c(SCc3nc(-c4ccccc4C)oc3C)nc3ccccc3c2=O)cc1OC. The van der Waals surface area contributed by atoms with Crippen LogP contribution in [0.5, 0.6) is 11.5 Å². The minimum Gasteiger partial charge on any atom is -0.493 e. The van der Waals surface area contributed by atoms with Gasteiger partial charge in [-0.15, -0.1) is 0 Å². The number of hydrogen-bond acceptors (Lipinski definition) is 7. The molecule has 0 aliphatic rings. The summed E-state index contributed by atoms with van der Waals surface area (Å²) in [5.74, 6) is 2.92. The van der Waals surface area contributed by atoms with E-state index in [0.717, 1.165) is 22.6 Å². The van der Waals surface area contributed by atoms with Crippen LogP contribution in [-0.2, 0) is 5.75 Å². The Balaban J connectivity index is 1.57. The van der Waals surface area contributed by atoms with E-state index in [1.165, 1.54) is 11.8 Å². The molecule has 5 rings (SSSR count). The molecule has 0 N–H and O–H groups in total. The number of nitrogens with zero attached hydrogens (tertiary/aromatic N) is 3. The van der Waals surface area contributed by atoms with Gasteiger partial charge in [0.25, 0.3) is 5.56 Å². The quantitative estimate of drug-likeness (QED) is 0.202. The van der Waals surface area contributed by atoms with E-state index in [1.807, 2.05) is 62.4 Å². The van der Waals surface area contributed by atoms with Crippen LogP contribution in [0.4, 0.5) is 0 Å². The van der Waals surface area contributed by atoms with Gasteiger partial charge in [-0.3, -0.25) is 9.36 Å². The number of rotatable bonds is 7. The Bertz CT molecular complexity index is 1620. The number of fused-ring (bicyclic) bond motifs is 1. The van der Waals surface area contributed by atoms with Gasteiger partial charge in [-0.1, -0.05) is 42.1 Å². The van der Waals surface area contributed by atoms with Crippen LogP contribution in [0.2, 0.25) is 0 Å². The molecule has 0 spiro atoms. The van der Waals surface area contributed by atoms with Gasteiger partial charge in [0, 0.05) is 17.4 Å². The molecule has 0 radical (unpaired) electrons. The number of aromatic nitrogens is 3. The maximum Gasteiger partial charge on any atom is 0.266 e.